The fourth-order valence-corrected chi connectivity index (χ4v) is 2.27. The van der Waals surface area contributed by atoms with Gasteiger partial charge in [0.25, 0.3) is 0 Å². The lowest BCUT2D eigenvalue weighted by atomic mass is 10.1. The van der Waals surface area contributed by atoms with Crippen LogP contribution in [0.3, 0.4) is 0 Å². The molecule has 0 aliphatic rings. The molecular formula is C15H20ClN5. The molecule has 0 amide bonds. The second-order valence-electron chi connectivity index (χ2n) is 4.54. The summed E-state index contributed by atoms with van der Waals surface area (Å²) >= 11 is 6.02. The maximum Gasteiger partial charge on any atom is 0.233 e. The van der Waals surface area contributed by atoms with E-state index in [0.29, 0.717) is 11.9 Å². The number of rotatable bonds is 6. The zero-order chi connectivity index (χ0) is 15.2. The first-order chi connectivity index (χ1) is 10.2. The van der Waals surface area contributed by atoms with Crippen molar-refractivity contribution in [2.45, 2.75) is 27.2 Å². The average molecular weight is 306 g/mol. The van der Waals surface area contributed by atoms with Crippen molar-refractivity contribution in [3.05, 3.63) is 35.1 Å². The SMILES string of the molecule is CCc1ccccc1Nc1nc(Cl)nc(N(CC)CC)n1. The number of aryl methyl sites for hydroxylation is 1. The molecule has 112 valence electrons. The molecule has 0 radical (unpaired) electrons. The van der Waals surface area contributed by atoms with Crippen LogP contribution < -0.4 is 10.2 Å². The lowest BCUT2D eigenvalue weighted by molar-refractivity contribution is 0.813. The van der Waals surface area contributed by atoms with Crippen molar-refractivity contribution in [2.75, 3.05) is 23.3 Å². The number of hydrogen-bond acceptors (Lipinski definition) is 5. The highest BCUT2D eigenvalue weighted by atomic mass is 35.5. The van der Waals surface area contributed by atoms with Crippen LogP contribution in [-0.2, 0) is 6.42 Å². The standard InChI is InChI=1S/C15H20ClN5/c1-4-11-9-7-8-10-12(11)17-14-18-13(16)19-15(20-14)21(5-2)6-3/h7-10H,4-6H2,1-3H3,(H,17,18,19,20). The molecule has 1 heterocycles. The molecule has 0 fully saturated rings. The van der Waals surface area contributed by atoms with Gasteiger partial charge in [-0.2, -0.15) is 15.0 Å². The van der Waals surface area contributed by atoms with Gasteiger partial charge in [-0.25, -0.2) is 0 Å². The van der Waals surface area contributed by atoms with Gasteiger partial charge in [0, 0.05) is 18.8 Å². The van der Waals surface area contributed by atoms with E-state index in [2.05, 4.69) is 47.1 Å². The fraction of sp³-hybridized carbons (Fsp3) is 0.400. The monoisotopic (exact) mass is 305 g/mol. The van der Waals surface area contributed by atoms with Crippen molar-refractivity contribution in [1.82, 2.24) is 15.0 Å². The van der Waals surface area contributed by atoms with E-state index >= 15 is 0 Å². The zero-order valence-electron chi connectivity index (χ0n) is 12.6. The largest absolute Gasteiger partial charge is 0.341 e. The van der Waals surface area contributed by atoms with Gasteiger partial charge < -0.3 is 10.2 Å². The Balaban J connectivity index is 2.32. The van der Waals surface area contributed by atoms with E-state index in [-0.39, 0.29) is 5.28 Å². The normalized spacial score (nSPS) is 10.5. The number of nitrogens with zero attached hydrogens (tertiary/aromatic N) is 4. The summed E-state index contributed by atoms with van der Waals surface area (Å²) in [6.45, 7) is 7.87. The Kier molecular flexibility index (Phi) is 5.33. The summed E-state index contributed by atoms with van der Waals surface area (Å²) in [7, 11) is 0. The topological polar surface area (TPSA) is 53.9 Å². The summed E-state index contributed by atoms with van der Waals surface area (Å²) in [5, 5.41) is 3.43. The molecular weight excluding hydrogens is 286 g/mol. The number of aromatic nitrogens is 3. The molecule has 0 saturated heterocycles. The minimum Gasteiger partial charge on any atom is -0.341 e. The quantitative estimate of drug-likeness (QED) is 0.882. The van der Waals surface area contributed by atoms with Crippen molar-refractivity contribution in [3.8, 4) is 0 Å². The fourth-order valence-electron chi connectivity index (χ4n) is 2.11. The summed E-state index contributed by atoms with van der Waals surface area (Å²) in [6.07, 6.45) is 0.935. The zero-order valence-corrected chi connectivity index (χ0v) is 13.4. The van der Waals surface area contributed by atoms with E-state index in [1.165, 1.54) is 5.56 Å². The Morgan fingerprint density at radius 1 is 1.05 bits per heavy atom. The number of nitrogens with one attached hydrogen (secondary N) is 1. The van der Waals surface area contributed by atoms with E-state index in [1.807, 2.05) is 23.1 Å². The summed E-state index contributed by atoms with van der Waals surface area (Å²) < 4.78 is 0. The second kappa shape index (κ2) is 7.22. The summed E-state index contributed by atoms with van der Waals surface area (Å²) in [5.74, 6) is 1.06. The van der Waals surface area contributed by atoms with Gasteiger partial charge in [0.05, 0.1) is 0 Å². The number of benzene rings is 1. The number of hydrogen-bond donors (Lipinski definition) is 1. The van der Waals surface area contributed by atoms with E-state index in [1.54, 1.807) is 0 Å². The third-order valence-electron chi connectivity index (χ3n) is 3.29. The Labute approximate surface area is 130 Å². The number of para-hydroxylation sites is 1. The van der Waals surface area contributed by atoms with Gasteiger partial charge in [-0.1, -0.05) is 25.1 Å². The first kappa shape index (κ1) is 15.5. The summed E-state index contributed by atoms with van der Waals surface area (Å²) in [6, 6.07) is 8.09. The lowest BCUT2D eigenvalue weighted by Gasteiger charge is -2.19. The minimum absolute atomic E-state index is 0.198. The molecule has 1 aromatic carbocycles. The van der Waals surface area contributed by atoms with Crippen LogP contribution in [0.25, 0.3) is 0 Å². The van der Waals surface area contributed by atoms with Gasteiger partial charge in [0.15, 0.2) is 0 Å². The highest BCUT2D eigenvalue weighted by Gasteiger charge is 2.11. The second-order valence-corrected chi connectivity index (χ2v) is 4.87. The molecule has 2 aromatic rings. The first-order valence-corrected chi connectivity index (χ1v) is 7.57. The highest BCUT2D eigenvalue weighted by Crippen LogP contribution is 2.21. The molecule has 5 nitrogen and oxygen atoms in total. The van der Waals surface area contributed by atoms with Gasteiger partial charge >= 0.3 is 0 Å². The molecule has 0 aliphatic heterocycles. The van der Waals surface area contributed by atoms with Crippen LogP contribution in [0.2, 0.25) is 5.28 Å². The van der Waals surface area contributed by atoms with Gasteiger partial charge in [-0.3, -0.25) is 0 Å². The van der Waals surface area contributed by atoms with Gasteiger partial charge in [-0.15, -0.1) is 0 Å². The van der Waals surface area contributed by atoms with Crippen molar-refractivity contribution >= 4 is 29.2 Å². The van der Waals surface area contributed by atoms with E-state index < -0.39 is 0 Å². The molecule has 0 saturated carbocycles. The van der Waals surface area contributed by atoms with Crippen LogP contribution >= 0.6 is 11.6 Å². The molecule has 0 bridgehead atoms. The van der Waals surface area contributed by atoms with Crippen molar-refractivity contribution in [3.63, 3.8) is 0 Å². The van der Waals surface area contributed by atoms with Gasteiger partial charge in [-0.05, 0) is 43.5 Å². The maximum absolute atomic E-state index is 6.02. The Morgan fingerprint density at radius 3 is 2.43 bits per heavy atom. The molecule has 0 spiro atoms. The molecule has 1 aromatic heterocycles. The van der Waals surface area contributed by atoms with Crippen molar-refractivity contribution < 1.29 is 0 Å². The van der Waals surface area contributed by atoms with E-state index in [9.17, 15) is 0 Å². The minimum atomic E-state index is 0.198. The Hall–Kier alpha value is -1.88. The van der Waals surface area contributed by atoms with Crippen LogP contribution in [0, 0.1) is 0 Å². The number of halogens is 1. The maximum atomic E-state index is 6.02. The van der Waals surface area contributed by atoms with Crippen molar-refractivity contribution in [1.29, 1.82) is 0 Å². The van der Waals surface area contributed by atoms with Crippen LogP contribution in [0.15, 0.2) is 24.3 Å². The number of anilines is 3. The van der Waals surface area contributed by atoms with Gasteiger partial charge in [0.2, 0.25) is 17.2 Å². The molecule has 0 unspecified atom stereocenters. The predicted octanol–water partition coefficient (Wildman–Crippen LogP) is 3.68. The summed E-state index contributed by atoms with van der Waals surface area (Å²) in [4.78, 5) is 14.8. The molecule has 6 heteroatoms. The van der Waals surface area contributed by atoms with Crippen LogP contribution in [0.1, 0.15) is 26.3 Å². The van der Waals surface area contributed by atoms with Crippen LogP contribution in [-0.4, -0.2) is 28.0 Å². The van der Waals surface area contributed by atoms with Crippen molar-refractivity contribution in [2.24, 2.45) is 0 Å². The Morgan fingerprint density at radius 2 is 1.76 bits per heavy atom. The molecule has 2 rings (SSSR count). The van der Waals surface area contributed by atoms with Crippen LogP contribution in [0.4, 0.5) is 17.6 Å². The smallest absolute Gasteiger partial charge is 0.233 e. The summed E-state index contributed by atoms with van der Waals surface area (Å²) in [5.41, 5.74) is 2.20. The first-order valence-electron chi connectivity index (χ1n) is 7.19. The predicted molar refractivity (Wildman–Crippen MR) is 87.5 cm³/mol. The van der Waals surface area contributed by atoms with E-state index in [4.69, 9.17) is 11.6 Å². The lowest BCUT2D eigenvalue weighted by Crippen LogP contribution is -2.24. The van der Waals surface area contributed by atoms with Gasteiger partial charge in [0.1, 0.15) is 0 Å². The molecule has 0 aliphatic carbocycles. The van der Waals surface area contributed by atoms with E-state index in [0.717, 1.165) is 25.2 Å². The molecule has 21 heavy (non-hydrogen) atoms. The highest BCUT2D eigenvalue weighted by molar-refractivity contribution is 6.28. The Bertz CT molecular complexity index is 598. The third kappa shape index (κ3) is 3.82. The third-order valence-corrected chi connectivity index (χ3v) is 3.46. The van der Waals surface area contributed by atoms with Crippen LogP contribution in [0.5, 0.6) is 0 Å². The average Bonchev–Trinajstić information content (AvgIpc) is 2.48. The molecule has 0 atom stereocenters. The molecule has 1 N–H and O–H groups in total.